The fourth-order valence-electron chi connectivity index (χ4n) is 0.962. The molecule has 1 rings (SSSR count). The van der Waals surface area contributed by atoms with Crippen molar-refractivity contribution in [1.29, 1.82) is 0 Å². The van der Waals surface area contributed by atoms with Gasteiger partial charge in [0, 0.05) is 6.54 Å². The molecule has 4 N–H and O–H groups in total. The Morgan fingerprint density at radius 1 is 1.36 bits per heavy atom. The van der Waals surface area contributed by atoms with Crippen molar-refractivity contribution in [2.24, 2.45) is 0 Å². The molecule has 7 heteroatoms. The summed E-state index contributed by atoms with van der Waals surface area (Å²) < 4.78 is 29.3. The number of aliphatic hydroxyl groups excluding tert-OH is 2. The van der Waals surface area contributed by atoms with Gasteiger partial charge in [-0.1, -0.05) is 0 Å². The number of aliphatic hydroxyl groups is 2. The predicted molar refractivity (Wildman–Crippen MR) is 35.4 cm³/mol. The smallest absolute Gasteiger partial charge is 0.283 e. The molecule has 66 valence electrons. The Morgan fingerprint density at radius 2 is 1.91 bits per heavy atom. The first-order valence-corrected chi connectivity index (χ1v) is 4.49. The quantitative estimate of drug-likeness (QED) is 0.335. The molecule has 1 heterocycles. The van der Waals surface area contributed by atoms with Gasteiger partial charge >= 0.3 is 0 Å². The number of β-amino-alcohol motifs (C(OH)–C–C–N with tert-alkyl or cyclic N) is 1. The summed E-state index contributed by atoms with van der Waals surface area (Å²) in [5, 5.41) is 18.6. The van der Waals surface area contributed by atoms with Gasteiger partial charge < -0.3 is 10.2 Å². The van der Waals surface area contributed by atoms with Crippen molar-refractivity contribution in [3.05, 3.63) is 0 Å². The zero-order valence-corrected chi connectivity index (χ0v) is 6.32. The van der Waals surface area contributed by atoms with Gasteiger partial charge in [-0.25, -0.2) is 0 Å². The molecule has 0 aromatic rings. The zero-order valence-electron chi connectivity index (χ0n) is 5.51. The van der Waals surface area contributed by atoms with E-state index in [1.165, 1.54) is 0 Å². The van der Waals surface area contributed by atoms with Gasteiger partial charge in [0.2, 0.25) is 0 Å². The van der Waals surface area contributed by atoms with E-state index in [1.54, 1.807) is 0 Å². The monoisotopic (exact) mass is 183 g/mol. The van der Waals surface area contributed by atoms with Crippen LogP contribution in [0.1, 0.15) is 0 Å². The highest BCUT2D eigenvalue weighted by atomic mass is 32.2. The van der Waals surface area contributed by atoms with E-state index in [0.717, 1.165) is 0 Å². The Morgan fingerprint density at radius 3 is 2.09 bits per heavy atom. The van der Waals surface area contributed by atoms with E-state index in [4.69, 9.17) is 14.8 Å². The van der Waals surface area contributed by atoms with Gasteiger partial charge in [-0.2, -0.15) is 8.42 Å². The molecule has 3 atom stereocenters. The average Bonchev–Trinajstić information content (AvgIpc) is 2.11. The van der Waals surface area contributed by atoms with Crippen molar-refractivity contribution in [2.75, 3.05) is 6.54 Å². The van der Waals surface area contributed by atoms with Crippen LogP contribution in [0.3, 0.4) is 0 Å². The molecule has 1 aliphatic heterocycles. The van der Waals surface area contributed by atoms with E-state index in [9.17, 15) is 8.42 Å². The average molecular weight is 183 g/mol. The molecule has 0 unspecified atom stereocenters. The minimum Gasteiger partial charge on any atom is -0.389 e. The van der Waals surface area contributed by atoms with Crippen molar-refractivity contribution in [2.45, 2.75) is 17.6 Å². The lowest BCUT2D eigenvalue weighted by molar-refractivity contribution is 0.0506. The molecule has 0 amide bonds. The molecule has 6 nitrogen and oxygen atoms in total. The highest BCUT2D eigenvalue weighted by Gasteiger charge is 2.40. The van der Waals surface area contributed by atoms with Crippen LogP contribution in [0.15, 0.2) is 0 Å². The second-order valence-corrected chi connectivity index (χ2v) is 3.94. The van der Waals surface area contributed by atoms with E-state index in [-0.39, 0.29) is 6.54 Å². The highest BCUT2D eigenvalue weighted by Crippen LogP contribution is 2.11. The van der Waals surface area contributed by atoms with Crippen molar-refractivity contribution in [1.82, 2.24) is 5.32 Å². The fourth-order valence-corrected chi connectivity index (χ4v) is 1.80. The van der Waals surface area contributed by atoms with Crippen LogP contribution in [0.5, 0.6) is 0 Å². The molecule has 0 radical (unpaired) electrons. The maximum atomic E-state index is 10.4. The SMILES string of the molecule is O=S(=O)(O)[C@H]1NC[C@H](O)[C@@H]1O. The molecular formula is C4H9NO5S. The van der Waals surface area contributed by atoms with Gasteiger partial charge in [0.05, 0.1) is 6.10 Å². The fraction of sp³-hybridized carbons (Fsp3) is 1.00. The molecule has 0 aromatic heterocycles. The maximum Gasteiger partial charge on any atom is 0.283 e. The van der Waals surface area contributed by atoms with Crippen molar-refractivity contribution in [3.8, 4) is 0 Å². The van der Waals surface area contributed by atoms with Crippen molar-refractivity contribution >= 4 is 10.1 Å². The van der Waals surface area contributed by atoms with Crippen LogP contribution >= 0.6 is 0 Å². The largest absolute Gasteiger partial charge is 0.389 e. The summed E-state index contributed by atoms with van der Waals surface area (Å²) in [5.41, 5.74) is 0. The Labute approximate surface area is 63.6 Å². The number of hydrogen-bond donors (Lipinski definition) is 4. The summed E-state index contributed by atoms with van der Waals surface area (Å²) in [7, 11) is -4.31. The Hall–Kier alpha value is -0.210. The second-order valence-electron chi connectivity index (χ2n) is 2.40. The summed E-state index contributed by atoms with van der Waals surface area (Å²) >= 11 is 0. The first-order valence-electron chi connectivity index (χ1n) is 2.99. The summed E-state index contributed by atoms with van der Waals surface area (Å²) in [4.78, 5) is 0. The maximum absolute atomic E-state index is 10.4. The summed E-state index contributed by atoms with van der Waals surface area (Å²) in [6, 6.07) is 0. The molecule has 1 fully saturated rings. The van der Waals surface area contributed by atoms with E-state index in [0.29, 0.717) is 0 Å². The number of nitrogens with one attached hydrogen (secondary N) is 1. The molecule has 0 spiro atoms. The number of hydrogen-bond acceptors (Lipinski definition) is 5. The van der Waals surface area contributed by atoms with Gasteiger partial charge in [-0.3, -0.25) is 9.87 Å². The third kappa shape index (κ3) is 1.68. The van der Waals surface area contributed by atoms with Crippen LogP contribution in [0.2, 0.25) is 0 Å². The molecule has 1 saturated heterocycles. The van der Waals surface area contributed by atoms with Gasteiger partial charge in [0.1, 0.15) is 6.10 Å². The highest BCUT2D eigenvalue weighted by molar-refractivity contribution is 7.86. The predicted octanol–water partition coefficient (Wildman–Crippen LogP) is -2.47. The third-order valence-corrected chi connectivity index (χ3v) is 2.64. The van der Waals surface area contributed by atoms with E-state index >= 15 is 0 Å². The standard InChI is InChI=1S/C4H9NO5S/c6-2-1-5-4(3(2)7)11(8,9)10/h2-7H,1H2,(H,8,9,10)/t2-,3-,4+/m0/s1. The Kier molecular flexibility index (Phi) is 2.17. The first kappa shape index (κ1) is 8.88. The lowest BCUT2D eigenvalue weighted by Crippen LogP contribution is -2.39. The van der Waals surface area contributed by atoms with Gasteiger partial charge in [-0.05, 0) is 0 Å². The van der Waals surface area contributed by atoms with E-state index in [2.05, 4.69) is 5.32 Å². The minimum absolute atomic E-state index is 0.0361. The van der Waals surface area contributed by atoms with E-state index < -0.39 is 27.7 Å². The Balaban J connectivity index is 2.78. The topological polar surface area (TPSA) is 107 Å². The van der Waals surface area contributed by atoms with Gasteiger partial charge in [0.15, 0.2) is 5.37 Å². The zero-order chi connectivity index (χ0) is 8.65. The second kappa shape index (κ2) is 2.68. The van der Waals surface area contributed by atoms with Crippen LogP contribution in [0.4, 0.5) is 0 Å². The van der Waals surface area contributed by atoms with Gasteiger partial charge in [0.25, 0.3) is 10.1 Å². The molecular weight excluding hydrogens is 174 g/mol. The summed E-state index contributed by atoms with van der Waals surface area (Å²) in [6.45, 7) is -0.0361. The van der Waals surface area contributed by atoms with Crippen LogP contribution in [0, 0.1) is 0 Å². The van der Waals surface area contributed by atoms with Crippen LogP contribution < -0.4 is 5.32 Å². The third-order valence-electron chi connectivity index (χ3n) is 1.55. The van der Waals surface area contributed by atoms with Crippen molar-refractivity contribution in [3.63, 3.8) is 0 Å². The molecule has 0 aromatic carbocycles. The van der Waals surface area contributed by atoms with Crippen LogP contribution in [-0.4, -0.2) is 47.3 Å². The lowest BCUT2D eigenvalue weighted by atomic mass is 10.3. The minimum atomic E-state index is -4.31. The number of rotatable bonds is 1. The summed E-state index contributed by atoms with van der Waals surface area (Å²) in [6.07, 6.45) is -2.59. The molecule has 1 aliphatic rings. The lowest BCUT2D eigenvalue weighted by Gasteiger charge is -2.11. The van der Waals surface area contributed by atoms with Crippen LogP contribution in [0.25, 0.3) is 0 Å². The summed E-state index contributed by atoms with van der Waals surface area (Å²) in [5.74, 6) is 0. The van der Waals surface area contributed by atoms with E-state index in [1.807, 2.05) is 0 Å². The molecule has 0 bridgehead atoms. The Bertz CT molecular complexity index is 237. The molecule has 0 saturated carbocycles. The van der Waals surface area contributed by atoms with Gasteiger partial charge in [-0.15, -0.1) is 0 Å². The molecule has 11 heavy (non-hydrogen) atoms. The normalized spacial score (nSPS) is 39.4. The molecule has 0 aliphatic carbocycles. The first-order chi connectivity index (χ1) is 4.93. The van der Waals surface area contributed by atoms with Crippen molar-refractivity contribution < 1.29 is 23.2 Å². The van der Waals surface area contributed by atoms with Crippen LogP contribution in [-0.2, 0) is 10.1 Å².